The molecule has 0 fully saturated rings. The molecule has 0 spiro atoms. The summed E-state index contributed by atoms with van der Waals surface area (Å²) in [7, 11) is -3.64. The van der Waals surface area contributed by atoms with E-state index in [4.69, 9.17) is 6.42 Å². The average molecular weight is 474 g/mol. The van der Waals surface area contributed by atoms with Crippen LogP contribution in [0.5, 0.6) is 0 Å². The fourth-order valence-electron chi connectivity index (χ4n) is 3.26. The molecule has 0 radical (unpaired) electrons. The molecule has 9 heteroatoms. The molecule has 0 aliphatic carbocycles. The molecule has 0 N–H and O–H groups in total. The van der Waals surface area contributed by atoms with E-state index in [-0.39, 0.29) is 21.8 Å². The van der Waals surface area contributed by atoms with Gasteiger partial charge in [0.25, 0.3) is 5.91 Å². The molecule has 32 heavy (non-hydrogen) atoms. The summed E-state index contributed by atoms with van der Waals surface area (Å²) in [5.41, 5.74) is 0.529. The van der Waals surface area contributed by atoms with E-state index < -0.39 is 21.7 Å². The zero-order valence-electron chi connectivity index (χ0n) is 17.9. The van der Waals surface area contributed by atoms with Gasteiger partial charge in [0.15, 0.2) is 4.80 Å². The normalized spacial score (nSPS) is 12.4. The van der Waals surface area contributed by atoms with Crippen molar-refractivity contribution in [2.45, 2.75) is 38.1 Å². The number of sulfonamides is 1. The SMILES string of the molecule is C#CCn1c(=NC(=O)c2ccc(S(=O)(=O)N(CC)CCCC)cc2)sc2cccc(F)c21. The summed E-state index contributed by atoms with van der Waals surface area (Å²) in [4.78, 5) is 17.3. The van der Waals surface area contributed by atoms with Crippen molar-refractivity contribution >= 4 is 37.5 Å². The van der Waals surface area contributed by atoms with Crippen LogP contribution in [0.25, 0.3) is 10.2 Å². The lowest BCUT2D eigenvalue weighted by molar-refractivity contribution is 0.0997. The molecule has 1 amide bonds. The van der Waals surface area contributed by atoms with Gasteiger partial charge in [0.2, 0.25) is 10.0 Å². The quantitative estimate of drug-likeness (QED) is 0.464. The molecule has 2 aromatic carbocycles. The van der Waals surface area contributed by atoms with Gasteiger partial charge in [0.05, 0.1) is 21.7 Å². The Morgan fingerprint density at radius 1 is 1.22 bits per heavy atom. The van der Waals surface area contributed by atoms with Crippen molar-refractivity contribution in [2.75, 3.05) is 13.1 Å². The molecule has 0 aliphatic heterocycles. The van der Waals surface area contributed by atoms with Crippen LogP contribution in [0.2, 0.25) is 0 Å². The van der Waals surface area contributed by atoms with Crippen molar-refractivity contribution in [3.05, 3.63) is 58.6 Å². The van der Waals surface area contributed by atoms with E-state index >= 15 is 0 Å². The van der Waals surface area contributed by atoms with Gasteiger partial charge in [-0.1, -0.05) is 43.6 Å². The fraction of sp³-hybridized carbons (Fsp3) is 0.304. The molecule has 0 bridgehead atoms. The first-order valence-corrected chi connectivity index (χ1v) is 12.5. The molecule has 0 unspecified atom stereocenters. The van der Waals surface area contributed by atoms with E-state index in [1.807, 2.05) is 6.92 Å². The summed E-state index contributed by atoms with van der Waals surface area (Å²) in [6.45, 7) is 4.68. The van der Waals surface area contributed by atoms with Crippen LogP contribution in [0.4, 0.5) is 4.39 Å². The molecule has 0 saturated heterocycles. The number of nitrogens with zero attached hydrogens (tertiary/aromatic N) is 3. The van der Waals surface area contributed by atoms with Crippen LogP contribution in [0.15, 0.2) is 52.4 Å². The Hall–Kier alpha value is -2.80. The van der Waals surface area contributed by atoms with Crippen LogP contribution in [-0.4, -0.2) is 36.3 Å². The molecule has 3 rings (SSSR count). The number of hydrogen-bond donors (Lipinski definition) is 0. The Balaban J connectivity index is 1.95. The number of carbonyl (C=O) groups excluding carboxylic acids is 1. The number of unbranched alkanes of at least 4 members (excludes halogenated alkanes) is 1. The van der Waals surface area contributed by atoms with Crippen molar-refractivity contribution in [2.24, 2.45) is 4.99 Å². The predicted molar refractivity (Wildman–Crippen MR) is 124 cm³/mol. The van der Waals surface area contributed by atoms with Crippen molar-refractivity contribution in [3.63, 3.8) is 0 Å². The number of fused-ring (bicyclic) bond motifs is 1. The van der Waals surface area contributed by atoms with Crippen molar-refractivity contribution in [1.29, 1.82) is 0 Å². The Bertz CT molecular complexity index is 1330. The second-order valence-electron chi connectivity index (χ2n) is 7.05. The van der Waals surface area contributed by atoms with Crippen LogP contribution in [0.1, 0.15) is 37.0 Å². The number of rotatable bonds is 8. The second-order valence-corrected chi connectivity index (χ2v) is 10.0. The third-order valence-corrected chi connectivity index (χ3v) is 7.98. The molecule has 1 heterocycles. The van der Waals surface area contributed by atoms with Gasteiger partial charge in [0, 0.05) is 18.7 Å². The molecule has 0 atom stereocenters. The Morgan fingerprint density at radius 2 is 1.94 bits per heavy atom. The van der Waals surface area contributed by atoms with Gasteiger partial charge >= 0.3 is 0 Å². The summed E-state index contributed by atoms with van der Waals surface area (Å²) < 4.78 is 43.5. The van der Waals surface area contributed by atoms with Crippen LogP contribution in [0.3, 0.4) is 0 Å². The number of thiazole rings is 1. The van der Waals surface area contributed by atoms with Crippen molar-refractivity contribution < 1.29 is 17.6 Å². The minimum Gasteiger partial charge on any atom is -0.302 e. The number of para-hydroxylation sites is 1. The fourth-order valence-corrected chi connectivity index (χ4v) is 5.79. The highest BCUT2D eigenvalue weighted by Gasteiger charge is 2.22. The highest BCUT2D eigenvalue weighted by molar-refractivity contribution is 7.89. The lowest BCUT2D eigenvalue weighted by Gasteiger charge is -2.20. The number of carbonyl (C=O) groups is 1. The van der Waals surface area contributed by atoms with Gasteiger partial charge in [-0.05, 0) is 42.8 Å². The maximum Gasteiger partial charge on any atom is 0.279 e. The Morgan fingerprint density at radius 3 is 2.56 bits per heavy atom. The first-order chi connectivity index (χ1) is 15.3. The molecule has 168 valence electrons. The number of hydrogen-bond acceptors (Lipinski definition) is 4. The molecule has 3 aromatic rings. The van der Waals surface area contributed by atoms with Crippen LogP contribution >= 0.6 is 11.3 Å². The summed E-state index contributed by atoms with van der Waals surface area (Å²) in [6.07, 6.45) is 7.08. The standard InChI is InChI=1S/C23H24FN3O3S2/c1-4-7-16-26(6-3)32(29,30)18-13-11-17(12-14-18)22(28)25-23-27(15-5-2)21-19(24)9-8-10-20(21)31-23/h2,8-14H,4,6-7,15-16H2,1,3H3. The summed E-state index contributed by atoms with van der Waals surface area (Å²) in [5, 5.41) is 0. The predicted octanol–water partition coefficient (Wildman–Crippen LogP) is 4.03. The average Bonchev–Trinajstić information content (AvgIpc) is 3.12. The van der Waals surface area contributed by atoms with Gasteiger partial charge in [-0.3, -0.25) is 4.79 Å². The van der Waals surface area contributed by atoms with Gasteiger partial charge < -0.3 is 4.57 Å². The third-order valence-electron chi connectivity index (χ3n) is 4.95. The van der Waals surface area contributed by atoms with Crippen molar-refractivity contribution in [3.8, 4) is 12.3 Å². The smallest absolute Gasteiger partial charge is 0.279 e. The molecule has 1 aromatic heterocycles. The van der Waals surface area contributed by atoms with Crippen LogP contribution in [-0.2, 0) is 16.6 Å². The van der Waals surface area contributed by atoms with E-state index in [1.54, 1.807) is 19.1 Å². The van der Waals surface area contributed by atoms with Gasteiger partial charge in [-0.2, -0.15) is 9.30 Å². The van der Waals surface area contributed by atoms with Crippen LogP contribution < -0.4 is 4.80 Å². The van der Waals surface area contributed by atoms with Gasteiger partial charge in [0.1, 0.15) is 5.82 Å². The maximum atomic E-state index is 14.3. The van der Waals surface area contributed by atoms with E-state index in [0.717, 1.165) is 24.2 Å². The summed E-state index contributed by atoms with van der Waals surface area (Å²) in [6, 6.07) is 10.3. The monoisotopic (exact) mass is 473 g/mol. The van der Waals surface area contributed by atoms with E-state index in [1.165, 1.54) is 39.2 Å². The van der Waals surface area contributed by atoms with Crippen LogP contribution in [0, 0.1) is 18.2 Å². The first-order valence-electron chi connectivity index (χ1n) is 10.2. The Labute approximate surface area is 191 Å². The second kappa shape index (κ2) is 10.2. The zero-order valence-corrected chi connectivity index (χ0v) is 19.5. The van der Waals surface area contributed by atoms with Crippen molar-refractivity contribution in [1.82, 2.24) is 8.87 Å². The maximum absolute atomic E-state index is 14.3. The van der Waals surface area contributed by atoms with Gasteiger partial charge in [-0.25, -0.2) is 12.8 Å². The highest BCUT2D eigenvalue weighted by Crippen LogP contribution is 2.21. The lowest BCUT2D eigenvalue weighted by atomic mass is 10.2. The number of benzene rings is 2. The zero-order chi connectivity index (χ0) is 23.3. The minimum atomic E-state index is -3.64. The number of amides is 1. The molecule has 0 aliphatic rings. The Kier molecular flexibility index (Phi) is 7.61. The number of aromatic nitrogens is 1. The number of terminal acetylenes is 1. The molecule has 6 nitrogen and oxygen atoms in total. The number of halogens is 1. The first kappa shape index (κ1) is 23.9. The third kappa shape index (κ3) is 4.83. The summed E-state index contributed by atoms with van der Waals surface area (Å²) >= 11 is 1.16. The lowest BCUT2D eigenvalue weighted by Crippen LogP contribution is -2.31. The van der Waals surface area contributed by atoms with E-state index in [0.29, 0.717) is 23.3 Å². The summed E-state index contributed by atoms with van der Waals surface area (Å²) in [5.74, 6) is 1.45. The molecular weight excluding hydrogens is 449 g/mol. The highest BCUT2D eigenvalue weighted by atomic mass is 32.2. The minimum absolute atomic E-state index is 0.0643. The molecule has 0 saturated carbocycles. The van der Waals surface area contributed by atoms with E-state index in [9.17, 15) is 17.6 Å². The van der Waals surface area contributed by atoms with Gasteiger partial charge in [-0.15, -0.1) is 6.42 Å². The molecular formula is C23H24FN3O3S2. The van der Waals surface area contributed by atoms with E-state index in [2.05, 4.69) is 10.9 Å². The largest absolute Gasteiger partial charge is 0.302 e. The topological polar surface area (TPSA) is 71.7 Å².